The van der Waals surface area contributed by atoms with Gasteiger partial charge in [0.1, 0.15) is 16.5 Å². The normalized spacial score (nSPS) is 20.0. The molecule has 1 atom stereocenters. The second kappa shape index (κ2) is 5.75. The lowest BCUT2D eigenvalue weighted by Gasteiger charge is -2.32. The summed E-state index contributed by atoms with van der Waals surface area (Å²) in [7, 11) is -4.03. The molecule has 1 aliphatic rings. The molecule has 20 heavy (non-hydrogen) atoms. The van der Waals surface area contributed by atoms with Gasteiger partial charge in [0.25, 0.3) is 0 Å². The van der Waals surface area contributed by atoms with Gasteiger partial charge in [-0.1, -0.05) is 0 Å². The van der Waals surface area contributed by atoms with E-state index in [1.807, 2.05) is 0 Å². The zero-order valence-corrected chi connectivity index (χ0v) is 11.9. The summed E-state index contributed by atoms with van der Waals surface area (Å²) in [5.41, 5.74) is 0. The van der Waals surface area contributed by atoms with Crippen LogP contribution in [0.3, 0.4) is 0 Å². The van der Waals surface area contributed by atoms with Crippen LogP contribution in [0.4, 0.5) is 8.78 Å². The number of hydrogen-bond donors (Lipinski definition) is 1. The summed E-state index contributed by atoms with van der Waals surface area (Å²) in [6, 6.07) is 2.39. The van der Waals surface area contributed by atoms with E-state index in [0.717, 1.165) is 16.4 Å². The van der Waals surface area contributed by atoms with Crippen molar-refractivity contribution in [3.05, 3.63) is 29.8 Å². The Morgan fingerprint density at radius 1 is 1.30 bits per heavy atom. The third-order valence-corrected chi connectivity index (χ3v) is 5.61. The highest BCUT2D eigenvalue weighted by atomic mass is 32.2. The second-order valence-electron chi connectivity index (χ2n) is 5.06. The predicted octanol–water partition coefficient (Wildman–Crippen LogP) is 1.75. The van der Waals surface area contributed by atoms with E-state index in [1.165, 1.54) is 0 Å². The molecule has 1 fully saturated rings. The molecule has 0 saturated carbocycles. The van der Waals surface area contributed by atoms with E-state index in [-0.39, 0.29) is 19.0 Å². The Labute approximate surface area is 117 Å². The van der Waals surface area contributed by atoms with E-state index >= 15 is 0 Å². The van der Waals surface area contributed by atoms with Crippen LogP contribution >= 0.6 is 0 Å². The van der Waals surface area contributed by atoms with Gasteiger partial charge >= 0.3 is 0 Å². The molecule has 0 aliphatic carbocycles. The molecule has 1 aliphatic heterocycles. The highest BCUT2D eigenvalue weighted by molar-refractivity contribution is 7.89. The van der Waals surface area contributed by atoms with Crippen LogP contribution in [0.25, 0.3) is 0 Å². The molecule has 112 valence electrons. The van der Waals surface area contributed by atoms with E-state index in [2.05, 4.69) is 0 Å². The van der Waals surface area contributed by atoms with Crippen molar-refractivity contribution in [1.29, 1.82) is 0 Å². The summed E-state index contributed by atoms with van der Waals surface area (Å²) in [5.74, 6) is -1.70. The fourth-order valence-electron chi connectivity index (χ4n) is 2.41. The van der Waals surface area contributed by atoms with E-state index in [0.29, 0.717) is 18.9 Å². The van der Waals surface area contributed by atoms with E-state index < -0.39 is 32.7 Å². The topological polar surface area (TPSA) is 57.6 Å². The number of nitrogens with zero attached hydrogens (tertiary/aromatic N) is 1. The van der Waals surface area contributed by atoms with Crippen LogP contribution in [0.15, 0.2) is 23.1 Å². The molecule has 1 N–H and O–H groups in total. The number of rotatable bonds is 3. The molecule has 0 radical (unpaired) electrons. The largest absolute Gasteiger partial charge is 0.393 e. The Balaban J connectivity index is 2.22. The van der Waals surface area contributed by atoms with Crippen molar-refractivity contribution in [2.75, 3.05) is 13.1 Å². The average Bonchev–Trinajstić information content (AvgIpc) is 2.41. The Kier molecular flexibility index (Phi) is 4.41. The van der Waals surface area contributed by atoms with Crippen LogP contribution in [0, 0.1) is 17.6 Å². The Morgan fingerprint density at radius 3 is 2.45 bits per heavy atom. The smallest absolute Gasteiger partial charge is 0.246 e. The molecule has 0 bridgehead atoms. The van der Waals surface area contributed by atoms with Crippen molar-refractivity contribution in [3.63, 3.8) is 0 Å². The lowest BCUT2D eigenvalue weighted by atomic mass is 9.93. The standard InChI is InChI=1S/C13H17F2NO3S/c1-9(17)10-4-6-16(7-5-10)20(18,19)13-8-11(14)2-3-12(13)15/h2-3,8-10,17H,4-7H2,1H3. The van der Waals surface area contributed by atoms with Crippen molar-refractivity contribution in [2.45, 2.75) is 30.8 Å². The maximum Gasteiger partial charge on any atom is 0.246 e. The molecule has 7 heteroatoms. The molecule has 1 unspecified atom stereocenters. The average molecular weight is 305 g/mol. The fourth-order valence-corrected chi connectivity index (χ4v) is 3.96. The molecule has 1 aromatic carbocycles. The number of aliphatic hydroxyl groups excluding tert-OH is 1. The number of benzene rings is 1. The van der Waals surface area contributed by atoms with E-state index in [1.54, 1.807) is 6.92 Å². The first-order valence-corrected chi connectivity index (χ1v) is 7.89. The van der Waals surface area contributed by atoms with Crippen LogP contribution < -0.4 is 0 Å². The van der Waals surface area contributed by atoms with Crippen LogP contribution in [0.1, 0.15) is 19.8 Å². The van der Waals surface area contributed by atoms with Crippen molar-refractivity contribution in [2.24, 2.45) is 5.92 Å². The van der Waals surface area contributed by atoms with Crippen molar-refractivity contribution in [3.8, 4) is 0 Å². The Morgan fingerprint density at radius 2 is 1.90 bits per heavy atom. The highest BCUT2D eigenvalue weighted by Crippen LogP contribution is 2.27. The summed E-state index contributed by atoms with van der Waals surface area (Å²) in [6.45, 7) is 2.07. The maximum atomic E-state index is 13.6. The van der Waals surface area contributed by atoms with Crippen LogP contribution in [0.2, 0.25) is 0 Å². The van der Waals surface area contributed by atoms with E-state index in [4.69, 9.17) is 0 Å². The van der Waals surface area contributed by atoms with Crippen LogP contribution in [-0.4, -0.2) is 37.0 Å². The van der Waals surface area contributed by atoms with E-state index in [9.17, 15) is 22.3 Å². The highest BCUT2D eigenvalue weighted by Gasteiger charge is 2.32. The zero-order chi connectivity index (χ0) is 14.9. The number of halogens is 2. The molecule has 1 aromatic rings. The molecular weight excluding hydrogens is 288 g/mol. The van der Waals surface area contributed by atoms with Gasteiger partial charge in [0.05, 0.1) is 6.10 Å². The molecule has 0 amide bonds. The van der Waals surface area contributed by atoms with Crippen molar-refractivity contribution >= 4 is 10.0 Å². The number of aliphatic hydroxyl groups is 1. The fraction of sp³-hybridized carbons (Fsp3) is 0.538. The quantitative estimate of drug-likeness (QED) is 0.925. The molecule has 1 heterocycles. The summed E-state index contributed by atoms with van der Waals surface area (Å²) >= 11 is 0. The number of piperidine rings is 1. The monoisotopic (exact) mass is 305 g/mol. The van der Waals surface area contributed by atoms with Gasteiger partial charge in [0, 0.05) is 13.1 Å². The molecule has 2 rings (SSSR count). The van der Waals surface area contributed by atoms with Gasteiger partial charge in [-0.15, -0.1) is 0 Å². The zero-order valence-electron chi connectivity index (χ0n) is 11.1. The van der Waals surface area contributed by atoms with Gasteiger partial charge in [-0.05, 0) is 43.9 Å². The molecule has 1 saturated heterocycles. The maximum absolute atomic E-state index is 13.6. The van der Waals surface area contributed by atoms with Crippen LogP contribution in [0.5, 0.6) is 0 Å². The molecule has 0 spiro atoms. The Bertz CT molecular complexity index is 581. The number of sulfonamides is 1. The molecule has 4 nitrogen and oxygen atoms in total. The third-order valence-electron chi connectivity index (χ3n) is 3.69. The first-order valence-electron chi connectivity index (χ1n) is 6.45. The molecular formula is C13H17F2NO3S. The summed E-state index contributed by atoms with van der Waals surface area (Å²) in [4.78, 5) is -0.631. The van der Waals surface area contributed by atoms with Crippen LogP contribution in [-0.2, 0) is 10.0 Å². The van der Waals surface area contributed by atoms with Gasteiger partial charge in [0.15, 0.2) is 0 Å². The lowest BCUT2D eigenvalue weighted by molar-refractivity contribution is 0.0911. The minimum Gasteiger partial charge on any atom is -0.393 e. The van der Waals surface area contributed by atoms with Crippen molar-refractivity contribution in [1.82, 2.24) is 4.31 Å². The summed E-state index contributed by atoms with van der Waals surface area (Å²) in [5, 5.41) is 9.49. The number of hydrogen-bond acceptors (Lipinski definition) is 3. The molecule has 0 aromatic heterocycles. The Hall–Kier alpha value is -1.05. The lowest BCUT2D eigenvalue weighted by Crippen LogP contribution is -2.41. The van der Waals surface area contributed by atoms with Gasteiger partial charge in [-0.2, -0.15) is 4.31 Å². The van der Waals surface area contributed by atoms with Gasteiger partial charge in [-0.25, -0.2) is 17.2 Å². The summed E-state index contributed by atoms with van der Waals surface area (Å²) in [6.07, 6.45) is 0.521. The predicted molar refractivity (Wildman–Crippen MR) is 69.5 cm³/mol. The minimum atomic E-state index is -4.03. The van der Waals surface area contributed by atoms with Gasteiger partial charge in [-0.3, -0.25) is 0 Å². The van der Waals surface area contributed by atoms with Gasteiger partial charge < -0.3 is 5.11 Å². The van der Waals surface area contributed by atoms with Crippen molar-refractivity contribution < 1.29 is 22.3 Å². The minimum absolute atomic E-state index is 0.0406. The first kappa shape index (κ1) is 15.3. The first-order chi connectivity index (χ1) is 9.32. The summed E-state index contributed by atoms with van der Waals surface area (Å²) < 4.78 is 52.5. The third kappa shape index (κ3) is 2.99. The van der Waals surface area contributed by atoms with Gasteiger partial charge in [0.2, 0.25) is 10.0 Å². The second-order valence-corrected chi connectivity index (χ2v) is 6.96. The SMILES string of the molecule is CC(O)C1CCN(S(=O)(=O)c2cc(F)ccc2F)CC1.